The third kappa shape index (κ3) is 5.14. The Morgan fingerprint density at radius 1 is 1.09 bits per heavy atom. The van der Waals surface area contributed by atoms with Crippen molar-refractivity contribution in [1.29, 1.82) is 0 Å². The molecule has 0 aliphatic heterocycles. The lowest BCUT2D eigenvalue weighted by molar-refractivity contribution is 0.0932. The molecule has 2 aromatic rings. The largest absolute Gasteiger partial charge is 0.354 e. The molecule has 0 aliphatic carbocycles. The molecule has 0 bridgehead atoms. The third-order valence-electron chi connectivity index (χ3n) is 3.03. The zero-order chi connectivity index (χ0) is 15.6. The summed E-state index contributed by atoms with van der Waals surface area (Å²) in [6.07, 6.45) is 4.87. The van der Waals surface area contributed by atoms with Crippen molar-refractivity contribution in [2.45, 2.75) is 19.8 Å². The number of anilines is 1. The van der Waals surface area contributed by atoms with Crippen molar-refractivity contribution in [2.24, 2.45) is 0 Å². The van der Waals surface area contributed by atoms with Crippen molar-refractivity contribution in [3.63, 3.8) is 0 Å². The Bertz CT molecular complexity index is 571. The molecule has 6 nitrogen and oxygen atoms in total. The minimum Gasteiger partial charge on any atom is -0.354 e. The molecule has 1 aromatic carbocycles. The summed E-state index contributed by atoms with van der Waals surface area (Å²) < 4.78 is 0. The Hall–Kier alpha value is -2.47. The lowest BCUT2D eigenvalue weighted by Gasteiger charge is -2.07. The van der Waals surface area contributed by atoms with Crippen molar-refractivity contribution in [1.82, 2.24) is 20.8 Å². The number of nitrogens with zero attached hydrogens (tertiary/aromatic N) is 2. The number of hydrogen-bond donors (Lipinski definition) is 3. The number of hydrogen-bond acceptors (Lipinski definition) is 5. The Kier molecular flexibility index (Phi) is 6.32. The van der Waals surface area contributed by atoms with Crippen LogP contribution in [0.1, 0.15) is 29.3 Å². The summed E-state index contributed by atoms with van der Waals surface area (Å²) in [7, 11) is 0. The average molecular weight is 299 g/mol. The van der Waals surface area contributed by atoms with E-state index in [0.29, 0.717) is 11.5 Å². The highest BCUT2D eigenvalue weighted by molar-refractivity contribution is 5.93. The highest BCUT2D eigenvalue weighted by Gasteiger charge is 2.06. The fourth-order valence-electron chi connectivity index (χ4n) is 1.84. The molecule has 22 heavy (non-hydrogen) atoms. The van der Waals surface area contributed by atoms with E-state index in [1.54, 1.807) is 0 Å². The lowest BCUT2D eigenvalue weighted by Crippen LogP contribution is -2.37. The second-order valence-electron chi connectivity index (χ2n) is 4.84. The van der Waals surface area contributed by atoms with E-state index in [9.17, 15) is 4.79 Å². The molecule has 1 heterocycles. The van der Waals surface area contributed by atoms with Gasteiger partial charge in [-0.1, -0.05) is 37.3 Å². The average Bonchev–Trinajstić information content (AvgIpc) is 2.56. The smallest absolute Gasteiger partial charge is 0.268 e. The van der Waals surface area contributed by atoms with Crippen LogP contribution < -0.4 is 16.2 Å². The fraction of sp³-hybridized carbons (Fsp3) is 0.312. The molecule has 0 radical (unpaired) electrons. The van der Waals surface area contributed by atoms with Gasteiger partial charge in [0, 0.05) is 25.5 Å². The first kappa shape index (κ1) is 15.9. The maximum Gasteiger partial charge on any atom is 0.268 e. The van der Waals surface area contributed by atoms with Crippen molar-refractivity contribution in [2.75, 3.05) is 18.4 Å². The molecule has 6 heteroatoms. The van der Waals surface area contributed by atoms with Gasteiger partial charge in [0.15, 0.2) is 0 Å². The van der Waals surface area contributed by atoms with E-state index >= 15 is 0 Å². The molecule has 0 aliphatic rings. The number of nitrogens with one attached hydrogen (secondary N) is 3. The summed E-state index contributed by atoms with van der Waals surface area (Å²) in [6, 6.07) is 10.2. The fourth-order valence-corrected chi connectivity index (χ4v) is 1.84. The summed E-state index contributed by atoms with van der Waals surface area (Å²) in [5.41, 5.74) is 7.11. The van der Waals surface area contributed by atoms with Gasteiger partial charge in [-0.2, -0.15) is 0 Å². The second-order valence-corrected chi connectivity index (χ2v) is 4.84. The van der Waals surface area contributed by atoms with E-state index in [1.807, 2.05) is 25.1 Å². The molecule has 0 saturated carbocycles. The van der Waals surface area contributed by atoms with Gasteiger partial charge < -0.3 is 5.32 Å². The van der Waals surface area contributed by atoms with E-state index in [0.717, 1.165) is 25.9 Å². The van der Waals surface area contributed by atoms with Crippen LogP contribution in [0.5, 0.6) is 0 Å². The number of aromatic nitrogens is 2. The standard InChI is InChI=1S/C16H21N5O/c1-2-9-20-21-15(22)14-11-18-16(19-12-14)17-10-8-13-6-4-3-5-7-13/h3-7,11-12,20H,2,8-10H2,1H3,(H,21,22)(H,17,18,19). The zero-order valence-corrected chi connectivity index (χ0v) is 12.7. The van der Waals surface area contributed by atoms with Gasteiger partial charge >= 0.3 is 0 Å². The van der Waals surface area contributed by atoms with Gasteiger partial charge in [0.25, 0.3) is 5.91 Å². The predicted octanol–water partition coefficient (Wildman–Crippen LogP) is 1.78. The molecular weight excluding hydrogens is 278 g/mol. The number of carbonyl (C=O) groups excluding carboxylic acids is 1. The van der Waals surface area contributed by atoms with E-state index < -0.39 is 0 Å². The lowest BCUT2D eigenvalue weighted by atomic mass is 10.1. The van der Waals surface area contributed by atoms with Crippen LogP contribution in [0.3, 0.4) is 0 Å². The third-order valence-corrected chi connectivity index (χ3v) is 3.03. The maximum absolute atomic E-state index is 11.8. The summed E-state index contributed by atoms with van der Waals surface area (Å²) in [5, 5.41) is 3.14. The van der Waals surface area contributed by atoms with Crippen molar-refractivity contribution >= 4 is 11.9 Å². The van der Waals surface area contributed by atoms with Crippen molar-refractivity contribution in [3.05, 3.63) is 53.9 Å². The summed E-state index contributed by atoms with van der Waals surface area (Å²) >= 11 is 0. The predicted molar refractivity (Wildman–Crippen MR) is 86.4 cm³/mol. The van der Waals surface area contributed by atoms with Gasteiger partial charge in [-0.15, -0.1) is 0 Å². The van der Waals surface area contributed by atoms with E-state index in [1.165, 1.54) is 18.0 Å². The first-order valence-electron chi connectivity index (χ1n) is 7.42. The highest BCUT2D eigenvalue weighted by atomic mass is 16.2. The first-order chi connectivity index (χ1) is 10.8. The number of amides is 1. The zero-order valence-electron chi connectivity index (χ0n) is 12.7. The number of hydrazine groups is 1. The molecule has 116 valence electrons. The van der Waals surface area contributed by atoms with Crippen LogP contribution >= 0.6 is 0 Å². The molecule has 0 atom stereocenters. The molecular formula is C16H21N5O. The Morgan fingerprint density at radius 2 is 1.82 bits per heavy atom. The molecule has 0 spiro atoms. The summed E-state index contributed by atoms with van der Waals surface area (Å²) in [4.78, 5) is 20.1. The van der Waals surface area contributed by atoms with Crippen LogP contribution in [0.15, 0.2) is 42.7 Å². The number of carbonyl (C=O) groups is 1. The van der Waals surface area contributed by atoms with Gasteiger partial charge in [0.05, 0.1) is 5.56 Å². The maximum atomic E-state index is 11.8. The molecule has 2 rings (SSSR count). The van der Waals surface area contributed by atoms with Crippen LogP contribution in [0.25, 0.3) is 0 Å². The quantitative estimate of drug-likeness (QED) is 0.511. The molecule has 0 fully saturated rings. The van der Waals surface area contributed by atoms with Gasteiger partial charge in [-0.3, -0.25) is 10.2 Å². The minimum absolute atomic E-state index is 0.232. The molecule has 0 unspecified atom stereocenters. The van der Waals surface area contributed by atoms with Gasteiger partial charge in [-0.05, 0) is 18.4 Å². The Labute approximate surface area is 130 Å². The van der Waals surface area contributed by atoms with Crippen molar-refractivity contribution in [3.8, 4) is 0 Å². The van der Waals surface area contributed by atoms with E-state index in [-0.39, 0.29) is 5.91 Å². The second kappa shape index (κ2) is 8.74. The Balaban J connectivity index is 1.78. The van der Waals surface area contributed by atoms with Crippen LogP contribution in [-0.2, 0) is 6.42 Å². The van der Waals surface area contributed by atoms with Crippen LogP contribution in [0.2, 0.25) is 0 Å². The molecule has 1 amide bonds. The van der Waals surface area contributed by atoms with E-state index in [2.05, 4.69) is 38.3 Å². The summed E-state index contributed by atoms with van der Waals surface area (Å²) in [6.45, 7) is 3.50. The normalized spacial score (nSPS) is 10.2. The number of benzene rings is 1. The summed E-state index contributed by atoms with van der Waals surface area (Å²) in [5.74, 6) is 0.290. The van der Waals surface area contributed by atoms with Gasteiger partial charge in [-0.25, -0.2) is 15.4 Å². The minimum atomic E-state index is -0.232. The van der Waals surface area contributed by atoms with Crippen LogP contribution in [0, 0.1) is 0 Å². The van der Waals surface area contributed by atoms with Crippen LogP contribution in [-0.4, -0.2) is 29.0 Å². The Morgan fingerprint density at radius 3 is 2.50 bits per heavy atom. The van der Waals surface area contributed by atoms with E-state index in [4.69, 9.17) is 0 Å². The SMILES string of the molecule is CCCNNC(=O)c1cnc(NCCc2ccccc2)nc1. The molecule has 3 N–H and O–H groups in total. The number of rotatable bonds is 8. The monoisotopic (exact) mass is 299 g/mol. The topological polar surface area (TPSA) is 78.9 Å². The molecule has 1 aromatic heterocycles. The van der Waals surface area contributed by atoms with Gasteiger partial charge in [0.1, 0.15) is 0 Å². The molecule has 0 saturated heterocycles. The van der Waals surface area contributed by atoms with Gasteiger partial charge in [0.2, 0.25) is 5.95 Å². The van der Waals surface area contributed by atoms with Crippen molar-refractivity contribution < 1.29 is 4.79 Å². The van der Waals surface area contributed by atoms with Crippen LogP contribution in [0.4, 0.5) is 5.95 Å². The first-order valence-corrected chi connectivity index (χ1v) is 7.42. The highest BCUT2D eigenvalue weighted by Crippen LogP contribution is 2.02.